The van der Waals surface area contributed by atoms with Crippen LogP contribution in [-0.4, -0.2) is 29.3 Å². The van der Waals surface area contributed by atoms with Crippen molar-refractivity contribution in [2.45, 2.75) is 52.6 Å². The number of rotatable bonds is 10. The van der Waals surface area contributed by atoms with Crippen LogP contribution in [0, 0.1) is 12.8 Å². The number of hydrogen-bond donors (Lipinski definition) is 1. The van der Waals surface area contributed by atoms with E-state index in [1.807, 2.05) is 74.5 Å². The average molecular weight is 457 g/mol. The van der Waals surface area contributed by atoms with E-state index in [0.29, 0.717) is 25.4 Å². The van der Waals surface area contributed by atoms with Crippen LogP contribution in [0.2, 0.25) is 0 Å². The molecule has 0 radical (unpaired) electrons. The summed E-state index contributed by atoms with van der Waals surface area (Å²) in [6.07, 6.45) is 0.293. The monoisotopic (exact) mass is 456 g/mol. The van der Waals surface area contributed by atoms with Gasteiger partial charge in [-0.05, 0) is 36.5 Å². The third kappa shape index (κ3) is 7.05. The van der Waals surface area contributed by atoms with Crippen molar-refractivity contribution < 1.29 is 9.59 Å². The molecule has 178 valence electrons. The van der Waals surface area contributed by atoms with E-state index in [0.717, 1.165) is 22.3 Å². The van der Waals surface area contributed by atoms with Crippen molar-refractivity contribution in [3.8, 4) is 0 Å². The first kappa shape index (κ1) is 25.2. The molecule has 0 saturated heterocycles. The molecule has 0 aliphatic rings. The van der Waals surface area contributed by atoms with Gasteiger partial charge >= 0.3 is 0 Å². The summed E-state index contributed by atoms with van der Waals surface area (Å²) in [6, 6.07) is 27.8. The zero-order valence-electron chi connectivity index (χ0n) is 20.7. The van der Waals surface area contributed by atoms with Crippen LogP contribution in [0.15, 0.2) is 84.9 Å². The van der Waals surface area contributed by atoms with Gasteiger partial charge in [-0.3, -0.25) is 9.59 Å². The van der Waals surface area contributed by atoms with Crippen molar-refractivity contribution in [3.63, 3.8) is 0 Å². The van der Waals surface area contributed by atoms with E-state index < -0.39 is 6.04 Å². The number of carbonyl (C=O) groups is 2. The van der Waals surface area contributed by atoms with Gasteiger partial charge in [-0.1, -0.05) is 104 Å². The van der Waals surface area contributed by atoms with Crippen LogP contribution < -0.4 is 5.32 Å². The number of aryl methyl sites for hydroxylation is 1. The summed E-state index contributed by atoms with van der Waals surface area (Å²) < 4.78 is 0. The number of hydrogen-bond acceptors (Lipinski definition) is 2. The molecule has 3 aromatic carbocycles. The predicted octanol–water partition coefficient (Wildman–Crippen LogP) is 5.71. The molecule has 34 heavy (non-hydrogen) atoms. The summed E-state index contributed by atoms with van der Waals surface area (Å²) in [5.41, 5.74) is 4.36. The van der Waals surface area contributed by atoms with Crippen LogP contribution in [0.4, 0.5) is 0 Å². The number of nitrogens with one attached hydrogen (secondary N) is 1. The van der Waals surface area contributed by atoms with Gasteiger partial charge in [-0.15, -0.1) is 0 Å². The minimum Gasteiger partial charge on any atom is -0.354 e. The maximum Gasteiger partial charge on any atom is 0.242 e. The zero-order valence-corrected chi connectivity index (χ0v) is 20.7. The Kier molecular flexibility index (Phi) is 9.03. The molecule has 1 N–H and O–H groups in total. The van der Waals surface area contributed by atoms with E-state index in [2.05, 4.69) is 43.4 Å². The largest absolute Gasteiger partial charge is 0.354 e. The molecule has 0 aromatic heterocycles. The Bertz CT molecular complexity index is 1010. The minimum absolute atomic E-state index is 0.0366. The molecule has 4 nitrogen and oxygen atoms in total. The fourth-order valence-corrected chi connectivity index (χ4v) is 4.02. The molecule has 0 aliphatic carbocycles. The molecule has 0 bridgehead atoms. The van der Waals surface area contributed by atoms with Gasteiger partial charge in [0.25, 0.3) is 0 Å². The zero-order chi connectivity index (χ0) is 24.5. The lowest BCUT2D eigenvalue weighted by atomic mass is 9.88. The molecule has 0 saturated carbocycles. The molecule has 0 aliphatic heterocycles. The summed E-state index contributed by atoms with van der Waals surface area (Å²) >= 11 is 0. The van der Waals surface area contributed by atoms with Crippen molar-refractivity contribution in [2.24, 2.45) is 5.92 Å². The Morgan fingerprint density at radius 3 is 1.82 bits per heavy atom. The standard InChI is InChI=1S/C30H36N2O2/c1-22(2)20-31-30(34)24(4)32(21-25-17-15-23(3)16-18-25)29(33)19-28(26-11-7-5-8-12-26)27-13-9-6-10-14-27/h5-18,22,24,28H,19-21H2,1-4H3,(H,31,34). The summed E-state index contributed by atoms with van der Waals surface area (Å²) in [4.78, 5) is 28.5. The fraction of sp³-hybridized carbons (Fsp3) is 0.333. The SMILES string of the molecule is Cc1ccc(CN(C(=O)CC(c2ccccc2)c2ccccc2)C(C)C(=O)NCC(C)C)cc1. The van der Waals surface area contributed by atoms with Crippen LogP contribution in [0.25, 0.3) is 0 Å². The Morgan fingerprint density at radius 1 is 0.794 bits per heavy atom. The van der Waals surface area contributed by atoms with E-state index >= 15 is 0 Å². The Labute approximate surface area is 204 Å². The lowest BCUT2D eigenvalue weighted by Crippen LogP contribution is -2.48. The maximum atomic E-state index is 13.8. The second-order valence-electron chi connectivity index (χ2n) is 9.40. The minimum atomic E-state index is -0.570. The van der Waals surface area contributed by atoms with Gasteiger partial charge in [-0.25, -0.2) is 0 Å². The molecule has 4 heteroatoms. The Morgan fingerprint density at radius 2 is 1.32 bits per heavy atom. The molecule has 3 rings (SSSR count). The molecule has 2 amide bonds. The van der Waals surface area contributed by atoms with E-state index in [1.165, 1.54) is 0 Å². The summed E-state index contributed by atoms with van der Waals surface area (Å²) in [7, 11) is 0. The second-order valence-corrected chi connectivity index (χ2v) is 9.40. The highest BCUT2D eigenvalue weighted by Crippen LogP contribution is 2.29. The topological polar surface area (TPSA) is 49.4 Å². The third-order valence-electron chi connectivity index (χ3n) is 6.11. The summed E-state index contributed by atoms with van der Waals surface area (Å²) in [6.45, 7) is 8.97. The van der Waals surface area contributed by atoms with Crippen molar-refractivity contribution in [3.05, 3.63) is 107 Å². The third-order valence-corrected chi connectivity index (χ3v) is 6.11. The van der Waals surface area contributed by atoms with Crippen LogP contribution >= 0.6 is 0 Å². The van der Waals surface area contributed by atoms with Gasteiger partial charge in [0, 0.05) is 25.4 Å². The van der Waals surface area contributed by atoms with Crippen LogP contribution in [0.5, 0.6) is 0 Å². The van der Waals surface area contributed by atoms with E-state index in [4.69, 9.17) is 0 Å². The highest BCUT2D eigenvalue weighted by molar-refractivity contribution is 5.87. The Hall–Kier alpha value is -3.40. The lowest BCUT2D eigenvalue weighted by Gasteiger charge is -2.31. The summed E-state index contributed by atoms with van der Waals surface area (Å²) in [5, 5.41) is 3.00. The molecule has 1 unspecified atom stereocenters. The van der Waals surface area contributed by atoms with E-state index in [9.17, 15) is 9.59 Å². The number of benzene rings is 3. The molecular weight excluding hydrogens is 420 g/mol. The molecule has 1 atom stereocenters. The van der Waals surface area contributed by atoms with Gasteiger partial charge < -0.3 is 10.2 Å². The smallest absolute Gasteiger partial charge is 0.242 e. The van der Waals surface area contributed by atoms with Gasteiger partial charge in [0.1, 0.15) is 6.04 Å². The maximum absolute atomic E-state index is 13.8. The lowest BCUT2D eigenvalue weighted by molar-refractivity contribution is -0.140. The first-order valence-corrected chi connectivity index (χ1v) is 12.1. The van der Waals surface area contributed by atoms with Gasteiger partial charge in [0.15, 0.2) is 0 Å². The number of carbonyl (C=O) groups excluding carboxylic acids is 2. The predicted molar refractivity (Wildman–Crippen MR) is 138 cm³/mol. The van der Waals surface area contributed by atoms with Crippen molar-refractivity contribution in [1.29, 1.82) is 0 Å². The van der Waals surface area contributed by atoms with Crippen molar-refractivity contribution >= 4 is 11.8 Å². The van der Waals surface area contributed by atoms with Gasteiger partial charge in [0.2, 0.25) is 11.8 Å². The Balaban J connectivity index is 1.88. The second kappa shape index (κ2) is 12.2. The summed E-state index contributed by atoms with van der Waals surface area (Å²) in [5.74, 6) is 0.106. The van der Waals surface area contributed by atoms with Crippen LogP contribution in [-0.2, 0) is 16.1 Å². The first-order chi connectivity index (χ1) is 16.3. The number of amides is 2. The van der Waals surface area contributed by atoms with Gasteiger partial charge in [0.05, 0.1) is 0 Å². The fourth-order valence-electron chi connectivity index (χ4n) is 4.02. The van der Waals surface area contributed by atoms with E-state index in [-0.39, 0.29) is 17.7 Å². The molecular formula is C30H36N2O2. The van der Waals surface area contributed by atoms with E-state index in [1.54, 1.807) is 4.90 Å². The van der Waals surface area contributed by atoms with Crippen molar-refractivity contribution in [1.82, 2.24) is 10.2 Å². The highest BCUT2D eigenvalue weighted by atomic mass is 16.2. The molecule has 0 fully saturated rings. The van der Waals surface area contributed by atoms with Gasteiger partial charge in [-0.2, -0.15) is 0 Å². The number of nitrogens with zero attached hydrogens (tertiary/aromatic N) is 1. The molecule has 3 aromatic rings. The van der Waals surface area contributed by atoms with Crippen molar-refractivity contribution in [2.75, 3.05) is 6.54 Å². The normalized spacial score (nSPS) is 11.9. The van der Waals surface area contributed by atoms with Crippen LogP contribution in [0.3, 0.4) is 0 Å². The first-order valence-electron chi connectivity index (χ1n) is 12.1. The molecule has 0 heterocycles. The average Bonchev–Trinajstić information content (AvgIpc) is 2.86. The molecule has 0 spiro atoms. The quantitative estimate of drug-likeness (QED) is 0.425. The van der Waals surface area contributed by atoms with Crippen LogP contribution in [0.1, 0.15) is 55.4 Å². The highest BCUT2D eigenvalue weighted by Gasteiger charge is 2.29.